The number of methoxy groups -OCH3 is 1. The molecule has 166 valence electrons. The van der Waals surface area contributed by atoms with Crippen LogP contribution in [0.25, 0.3) is 22.2 Å². The van der Waals surface area contributed by atoms with Gasteiger partial charge in [0.05, 0.1) is 12.7 Å². The van der Waals surface area contributed by atoms with Crippen LogP contribution in [0.2, 0.25) is 0 Å². The summed E-state index contributed by atoms with van der Waals surface area (Å²) in [7, 11) is 1.30. The van der Waals surface area contributed by atoms with Crippen molar-refractivity contribution in [3.8, 4) is 0 Å². The largest absolute Gasteiger partial charge is 0.466 e. The number of rotatable bonds is 6. The van der Waals surface area contributed by atoms with Gasteiger partial charge >= 0.3 is 12.1 Å². The number of ketones is 1. The van der Waals surface area contributed by atoms with Gasteiger partial charge in [0.1, 0.15) is 0 Å². The van der Waals surface area contributed by atoms with E-state index in [1.807, 2.05) is 13.8 Å². The van der Waals surface area contributed by atoms with Crippen LogP contribution in [0.15, 0.2) is 48.6 Å². The maximum Gasteiger partial charge on any atom is 0.416 e. The summed E-state index contributed by atoms with van der Waals surface area (Å²) in [6.45, 7) is 3.76. The average molecular weight is 459 g/mol. The molecule has 0 bridgehead atoms. The maximum absolute atomic E-state index is 13.0. The predicted octanol–water partition coefficient (Wildman–Crippen LogP) is 6.87. The molecule has 7 heteroatoms. The quantitative estimate of drug-likeness (QED) is 0.230. The lowest BCUT2D eigenvalue weighted by Gasteiger charge is -2.06. The number of halogens is 3. The first-order valence-corrected chi connectivity index (χ1v) is 10.7. The lowest BCUT2D eigenvalue weighted by atomic mass is 10.0. The number of alkyl halides is 3. The summed E-state index contributed by atoms with van der Waals surface area (Å²) >= 11 is 1.24. The summed E-state index contributed by atoms with van der Waals surface area (Å²) in [6.07, 6.45) is 2.27. The SMILES string of the molecule is CCc1c(C=CC(=O)c2ccc(C=CC(=O)OC)c(C)c2)sc2cc(C(F)(F)F)ccc12. The number of carbonyl (C=O) groups excluding carboxylic acids is 2. The van der Waals surface area contributed by atoms with Crippen molar-refractivity contribution in [2.24, 2.45) is 0 Å². The molecule has 32 heavy (non-hydrogen) atoms. The van der Waals surface area contributed by atoms with Gasteiger partial charge in [-0.2, -0.15) is 13.2 Å². The van der Waals surface area contributed by atoms with Gasteiger partial charge in [0.15, 0.2) is 5.78 Å². The molecule has 0 aliphatic heterocycles. The Kier molecular flexibility index (Phi) is 6.99. The minimum Gasteiger partial charge on any atom is -0.466 e. The number of fused-ring (bicyclic) bond motifs is 1. The number of ether oxygens (including phenoxy) is 1. The standard InChI is InChI=1S/C25H21F3O3S/c1-4-19-20-9-8-18(25(26,27)28)14-23(20)32-22(19)11-10-21(29)17-6-5-16(15(2)13-17)7-12-24(30)31-3/h5-14H,4H2,1-3H3. The van der Waals surface area contributed by atoms with E-state index in [0.29, 0.717) is 16.7 Å². The molecule has 1 heterocycles. The topological polar surface area (TPSA) is 43.4 Å². The van der Waals surface area contributed by atoms with Crippen molar-refractivity contribution in [3.05, 3.63) is 81.2 Å². The molecule has 2 aromatic carbocycles. The van der Waals surface area contributed by atoms with Crippen molar-refractivity contribution in [2.45, 2.75) is 26.4 Å². The molecular formula is C25H21F3O3S. The van der Waals surface area contributed by atoms with Crippen molar-refractivity contribution in [1.82, 2.24) is 0 Å². The summed E-state index contributed by atoms with van der Waals surface area (Å²) in [5, 5.41) is 0.773. The smallest absolute Gasteiger partial charge is 0.416 e. The number of aryl methyl sites for hydroxylation is 2. The number of thiophene rings is 1. The molecule has 1 aromatic heterocycles. The second-order valence-corrected chi connectivity index (χ2v) is 8.22. The van der Waals surface area contributed by atoms with Gasteiger partial charge in [0.2, 0.25) is 0 Å². The van der Waals surface area contributed by atoms with Gasteiger partial charge in [-0.3, -0.25) is 4.79 Å². The van der Waals surface area contributed by atoms with Crippen molar-refractivity contribution >= 4 is 45.3 Å². The van der Waals surface area contributed by atoms with Crippen LogP contribution in [0.5, 0.6) is 0 Å². The number of hydrogen-bond acceptors (Lipinski definition) is 4. The molecule has 3 nitrogen and oxygen atoms in total. The van der Waals surface area contributed by atoms with Gasteiger partial charge in [0.25, 0.3) is 0 Å². The molecule has 0 amide bonds. The molecule has 0 atom stereocenters. The van der Waals surface area contributed by atoms with E-state index >= 15 is 0 Å². The molecule has 0 radical (unpaired) electrons. The summed E-state index contributed by atoms with van der Waals surface area (Å²) in [5.74, 6) is -0.683. The normalized spacial score (nSPS) is 12.2. The first-order chi connectivity index (χ1) is 15.1. The van der Waals surface area contributed by atoms with Gasteiger partial charge in [-0.05, 0) is 71.8 Å². The van der Waals surface area contributed by atoms with Crippen LogP contribution in [-0.4, -0.2) is 18.9 Å². The van der Waals surface area contributed by atoms with Crippen molar-refractivity contribution in [3.63, 3.8) is 0 Å². The van der Waals surface area contributed by atoms with Crippen molar-refractivity contribution in [2.75, 3.05) is 7.11 Å². The van der Waals surface area contributed by atoms with Crippen LogP contribution in [-0.2, 0) is 22.1 Å². The number of benzene rings is 2. The molecule has 3 rings (SSSR count). The number of hydrogen-bond donors (Lipinski definition) is 0. The molecule has 0 N–H and O–H groups in total. The highest BCUT2D eigenvalue weighted by Crippen LogP contribution is 2.37. The first-order valence-electron chi connectivity index (χ1n) is 9.85. The Labute approximate surface area is 187 Å². The van der Waals surface area contributed by atoms with Gasteiger partial charge in [-0.15, -0.1) is 11.3 Å². The van der Waals surface area contributed by atoms with E-state index in [1.54, 1.807) is 30.4 Å². The lowest BCUT2D eigenvalue weighted by molar-refractivity contribution is -0.137. The Morgan fingerprint density at radius 2 is 1.81 bits per heavy atom. The van der Waals surface area contributed by atoms with Crippen LogP contribution in [0.4, 0.5) is 13.2 Å². The molecule has 0 unspecified atom stereocenters. The Morgan fingerprint density at radius 1 is 1.06 bits per heavy atom. The molecule has 0 saturated carbocycles. The summed E-state index contributed by atoms with van der Waals surface area (Å²) < 4.78 is 44.2. The molecule has 0 aliphatic carbocycles. The number of esters is 1. The van der Waals surface area contributed by atoms with Crippen LogP contribution < -0.4 is 0 Å². The van der Waals surface area contributed by atoms with Crippen LogP contribution in [0.1, 0.15) is 44.4 Å². The molecule has 0 aliphatic rings. The van der Waals surface area contributed by atoms with E-state index in [4.69, 9.17) is 0 Å². The molecule has 0 fully saturated rings. The van der Waals surface area contributed by atoms with E-state index in [0.717, 1.165) is 39.1 Å². The van der Waals surface area contributed by atoms with Gasteiger partial charge in [-0.1, -0.05) is 25.1 Å². The van der Waals surface area contributed by atoms with Crippen molar-refractivity contribution < 1.29 is 27.5 Å². The third kappa shape index (κ3) is 5.16. The molecule has 0 spiro atoms. The highest BCUT2D eigenvalue weighted by molar-refractivity contribution is 7.20. The monoisotopic (exact) mass is 458 g/mol. The highest BCUT2D eigenvalue weighted by Gasteiger charge is 2.30. The fourth-order valence-corrected chi connectivity index (χ4v) is 4.57. The molecular weight excluding hydrogens is 437 g/mol. The lowest BCUT2D eigenvalue weighted by Crippen LogP contribution is -2.03. The molecule has 3 aromatic rings. The zero-order valence-electron chi connectivity index (χ0n) is 17.7. The zero-order valence-corrected chi connectivity index (χ0v) is 18.6. The average Bonchev–Trinajstić information content (AvgIpc) is 3.12. The van der Waals surface area contributed by atoms with E-state index in [2.05, 4.69) is 4.74 Å². The van der Waals surface area contributed by atoms with Crippen LogP contribution >= 0.6 is 11.3 Å². The Balaban J connectivity index is 1.87. The first kappa shape index (κ1) is 23.5. The molecule has 0 saturated heterocycles. The minimum atomic E-state index is -4.40. The second kappa shape index (κ2) is 9.53. The Bertz CT molecular complexity index is 1230. The Hall–Kier alpha value is -3.19. The number of allylic oxidation sites excluding steroid dienone is 1. The third-order valence-electron chi connectivity index (χ3n) is 5.05. The highest BCUT2D eigenvalue weighted by atomic mass is 32.1. The van der Waals surface area contributed by atoms with Gasteiger partial charge in [-0.25, -0.2) is 4.79 Å². The third-order valence-corrected chi connectivity index (χ3v) is 6.21. The summed E-state index contributed by atoms with van der Waals surface area (Å²) in [4.78, 5) is 24.7. The van der Waals surface area contributed by atoms with Crippen molar-refractivity contribution in [1.29, 1.82) is 0 Å². The Morgan fingerprint density at radius 3 is 2.44 bits per heavy atom. The maximum atomic E-state index is 13.0. The summed E-state index contributed by atoms with van der Waals surface area (Å²) in [6, 6.07) is 8.87. The van der Waals surface area contributed by atoms with E-state index < -0.39 is 17.7 Å². The fraction of sp³-hybridized carbons (Fsp3) is 0.200. The second-order valence-electron chi connectivity index (χ2n) is 7.13. The van der Waals surface area contributed by atoms with Crippen LogP contribution in [0.3, 0.4) is 0 Å². The predicted molar refractivity (Wildman–Crippen MR) is 122 cm³/mol. The summed E-state index contributed by atoms with van der Waals surface area (Å²) in [5.41, 5.74) is 2.32. The fourth-order valence-electron chi connectivity index (χ4n) is 3.33. The van der Waals surface area contributed by atoms with Gasteiger partial charge < -0.3 is 4.74 Å². The zero-order chi connectivity index (χ0) is 23.5. The number of carbonyl (C=O) groups is 2. The minimum absolute atomic E-state index is 0.216. The van der Waals surface area contributed by atoms with Crippen LogP contribution in [0, 0.1) is 6.92 Å². The van der Waals surface area contributed by atoms with Gasteiger partial charge in [0, 0.05) is 21.2 Å². The van der Waals surface area contributed by atoms with E-state index in [-0.39, 0.29) is 5.78 Å². The van der Waals surface area contributed by atoms with E-state index in [1.165, 1.54) is 36.7 Å². The van der Waals surface area contributed by atoms with E-state index in [9.17, 15) is 22.8 Å².